The van der Waals surface area contributed by atoms with Crippen LogP contribution < -0.4 is 5.73 Å². The maximum Gasteiger partial charge on any atom is 0.177 e. The van der Waals surface area contributed by atoms with E-state index in [0.29, 0.717) is 13.1 Å². The van der Waals surface area contributed by atoms with E-state index in [1.54, 1.807) is 4.80 Å². The summed E-state index contributed by atoms with van der Waals surface area (Å²) in [5.41, 5.74) is 6.68. The third-order valence-electron chi connectivity index (χ3n) is 2.68. The number of benzene rings is 1. The van der Waals surface area contributed by atoms with Gasteiger partial charge in [-0.25, -0.2) is 0 Å². The van der Waals surface area contributed by atoms with Crippen molar-refractivity contribution in [1.82, 2.24) is 20.2 Å². The first-order valence-corrected chi connectivity index (χ1v) is 5.81. The topological polar surface area (TPSA) is 69.6 Å². The highest BCUT2D eigenvalue weighted by Crippen LogP contribution is 2.12. The molecule has 1 atom stereocenters. The fourth-order valence-corrected chi connectivity index (χ4v) is 1.65. The summed E-state index contributed by atoms with van der Waals surface area (Å²) in [4.78, 5) is 1.62. The highest BCUT2D eigenvalue weighted by Gasteiger charge is 2.11. The second kappa shape index (κ2) is 5.54. The molecule has 0 spiro atoms. The summed E-state index contributed by atoms with van der Waals surface area (Å²) in [6.45, 7) is 3.37. The van der Waals surface area contributed by atoms with Crippen molar-refractivity contribution in [3.05, 3.63) is 41.7 Å². The Morgan fingerprint density at radius 2 is 2.06 bits per heavy atom. The Labute approximate surface area is 101 Å². The molecule has 17 heavy (non-hydrogen) atoms. The van der Waals surface area contributed by atoms with E-state index < -0.39 is 0 Å². The molecule has 0 radical (unpaired) electrons. The van der Waals surface area contributed by atoms with E-state index in [9.17, 15) is 0 Å². The van der Waals surface area contributed by atoms with Crippen molar-refractivity contribution in [2.45, 2.75) is 25.8 Å². The Morgan fingerprint density at radius 1 is 1.29 bits per heavy atom. The molecule has 5 nitrogen and oxygen atoms in total. The molecule has 2 rings (SSSR count). The van der Waals surface area contributed by atoms with Gasteiger partial charge in [-0.3, -0.25) is 0 Å². The highest BCUT2D eigenvalue weighted by atomic mass is 15.6. The van der Waals surface area contributed by atoms with Crippen molar-refractivity contribution in [1.29, 1.82) is 0 Å². The van der Waals surface area contributed by atoms with Crippen molar-refractivity contribution in [3.63, 3.8) is 0 Å². The van der Waals surface area contributed by atoms with E-state index in [1.807, 2.05) is 30.3 Å². The van der Waals surface area contributed by atoms with Gasteiger partial charge in [0.15, 0.2) is 5.82 Å². The van der Waals surface area contributed by atoms with Gasteiger partial charge < -0.3 is 5.73 Å². The maximum atomic E-state index is 5.51. The van der Waals surface area contributed by atoms with E-state index >= 15 is 0 Å². The van der Waals surface area contributed by atoms with Crippen LogP contribution in [0.5, 0.6) is 0 Å². The predicted octanol–water partition coefficient (Wildman–Crippen LogP) is 1.17. The summed E-state index contributed by atoms with van der Waals surface area (Å²) in [5, 5.41) is 12.5. The molecule has 0 aliphatic carbocycles. The quantitative estimate of drug-likeness (QED) is 0.838. The smallest absolute Gasteiger partial charge is 0.177 e. The Balaban J connectivity index is 2.04. The first-order chi connectivity index (χ1) is 8.29. The molecule has 1 heterocycles. The molecule has 1 aromatic heterocycles. The third kappa shape index (κ3) is 3.10. The molecule has 90 valence electrons. The number of tetrazole rings is 1. The minimum atomic E-state index is 0.268. The number of hydrogen-bond acceptors (Lipinski definition) is 4. The molecule has 5 heteroatoms. The van der Waals surface area contributed by atoms with Gasteiger partial charge in [0.05, 0.1) is 6.54 Å². The van der Waals surface area contributed by atoms with E-state index in [-0.39, 0.29) is 5.92 Å². The summed E-state index contributed by atoms with van der Waals surface area (Å²) < 4.78 is 0. The van der Waals surface area contributed by atoms with Gasteiger partial charge in [-0.1, -0.05) is 37.3 Å². The summed E-state index contributed by atoms with van der Waals surface area (Å²) in [7, 11) is 0. The SMILES string of the molecule is CC(CCN)c1nnn(Cc2ccccc2)n1. The van der Waals surface area contributed by atoms with Gasteiger partial charge in [0.2, 0.25) is 0 Å². The zero-order valence-corrected chi connectivity index (χ0v) is 9.95. The highest BCUT2D eigenvalue weighted by molar-refractivity contribution is 5.14. The second-order valence-electron chi connectivity index (χ2n) is 4.14. The van der Waals surface area contributed by atoms with Crippen LogP contribution in [0.4, 0.5) is 0 Å². The zero-order chi connectivity index (χ0) is 12.1. The molecule has 2 N–H and O–H groups in total. The molecule has 0 fully saturated rings. The molecule has 2 aromatic rings. The summed E-state index contributed by atoms with van der Waals surface area (Å²) >= 11 is 0. The number of rotatable bonds is 5. The van der Waals surface area contributed by atoms with Gasteiger partial charge in [-0.15, -0.1) is 10.2 Å². The lowest BCUT2D eigenvalue weighted by atomic mass is 10.1. The minimum Gasteiger partial charge on any atom is -0.330 e. The average Bonchev–Trinajstić information content (AvgIpc) is 2.79. The van der Waals surface area contributed by atoms with Gasteiger partial charge >= 0.3 is 0 Å². The fourth-order valence-electron chi connectivity index (χ4n) is 1.65. The summed E-state index contributed by atoms with van der Waals surface area (Å²) in [6.07, 6.45) is 0.886. The van der Waals surface area contributed by atoms with Gasteiger partial charge in [0.1, 0.15) is 0 Å². The third-order valence-corrected chi connectivity index (χ3v) is 2.68. The lowest BCUT2D eigenvalue weighted by molar-refractivity contribution is 0.564. The van der Waals surface area contributed by atoms with Crippen molar-refractivity contribution in [2.24, 2.45) is 5.73 Å². The van der Waals surface area contributed by atoms with Crippen molar-refractivity contribution in [2.75, 3.05) is 6.54 Å². The van der Waals surface area contributed by atoms with Crippen molar-refractivity contribution >= 4 is 0 Å². The van der Waals surface area contributed by atoms with Crippen LogP contribution in [0.1, 0.15) is 30.7 Å². The maximum absolute atomic E-state index is 5.51. The first-order valence-electron chi connectivity index (χ1n) is 5.81. The van der Waals surface area contributed by atoms with Gasteiger partial charge in [-0.05, 0) is 23.7 Å². The fraction of sp³-hybridized carbons (Fsp3) is 0.417. The molecule has 0 saturated carbocycles. The number of hydrogen-bond donors (Lipinski definition) is 1. The van der Waals surface area contributed by atoms with Crippen LogP contribution in [0.2, 0.25) is 0 Å². The van der Waals surface area contributed by atoms with Crippen LogP contribution >= 0.6 is 0 Å². The molecule has 0 amide bonds. The molecule has 0 aliphatic heterocycles. The minimum absolute atomic E-state index is 0.268. The van der Waals surface area contributed by atoms with Crippen LogP contribution in [-0.4, -0.2) is 26.8 Å². The van der Waals surface area contributed by atoms with Crippen LogP contribution in [0.25, 0.3) is 0 Å². The van der Waals surface area contributed by atoms with Gasteiger partial charge in [0.25, 0.3) is 0 Å². The van der Waals surface area contributed by atoms with Crippen LogP contribution in [0.3, 0.4) is 0 Å². The van der Waals surface area contributed by atoms with Crippen molar-refractivity contribution in [3.8, 4) is 0 Å². The molecule has 1 aromatic carbocycles. The lowest BCUT2D eigenvalue weighted by Crippen LogP contribution is -2.07. The molecular formula is C12H17N5. The average molecular weight is 231 g/mol. The Bertz CT molecular complexity index is 451. The molecule has 0 bridgehead atoms. The molecule has 0 aliphatic rings. The summed E-state index contributed by atoms with van der Waals surface area (Å²) in [5.74, 6) is 1.04. The second-order valence-corrected chi connectivity index (χ2v) is 4.14. The first kappa shape index (κ1) is 11.7. The molecule has 1 unspecified atom stereocenters. The molecule has 0 saturated heterocycles. The summed E-state index contributed by atoms with van der Waals surface area (Å²) in [6, 6.07) is 10.1. The molecular weight excluding hydrogens is 214 g/mol. The van der Waals surface area contributed by atoms with Crippen LogP contribution in [0.15, 0.2) is 30.3 Å². The Hall–Kier alpha value is -1.75. The van der Waals surface area contributed by atoms with E-state index in [4.69, 9.17) is 5.73 Å². The lowest BCUT2D eigenvalue weighted by Gasteiger charge is -2.02. The van der Waals surface area contributed by atoms with Gasteiger partial charge in [0, 0.05) is 5.92 Å². The zero-order valence-electron chi connectivity index (χ0n) is 9.95. The van der Waals surface area contributed by atoms with Crippen molar-refractivity contribution < 1.29 is 0 Å². The predicted molar refractivity (Wildman–Crippen MR) is 65.4 cm³/mol. The Kier molecular flexibility index (Phi) is 3.82. The number of nitrogens with two attached hydrogens (primary N) is 1. The number of nitrogens with zero attached hydrogens (tertiary/aromatic N) is 4. The standard InChI is InChI=1S/C12H17N5/c1-10(7-8-13)12-14-16-17(15-12)9-11-5-3-2-4-6-11/h2-6,10H,7-9,13H2,1H3. The van der Waals surface area contributed by atoms with E-state index in [1.165, 1.54) is 5.56 Å². The largest absolute Gasteiger partial charge is 0.330 e. The Morgan fingerprint density at radius 3 is 2.76 bits per heavy atom. The van der Waals surface area contributed by atoms with Gasteiger partial charge in [-0.2, -0.15) is 4.80 Å². The van der Waals surface area contributed by atoms with E-state index in [0.717, 1.165) is 12.2 Å². The normalized spacial score (nSPS) is 12.6. The van der Waals surface area contributed by atoms with E-state index in [2.05, 4.69) is 22.3 Å². The number of aromatic nitrogens is 4. The van der Waals surface area contributed by atoms with Crippen LogP contribution in [0, 0.1) is 0 Å². The monoisotopic (exact) mass is 231 g/mol. The van der Waals surface area contributed by atoms with Crippen LogP contribution in [-0.2, 0) is 6.54 Å².